The maximum Gasteiger partial charge on any atom is 0.271 e. The van der Waals surface area contributed by atoms with Crippen LogP contribution in [0, 0.1) is 0 Å². The summed E-state index contributed by atoms with van der Waals surface area (Å²) >= 11 is 10.1. The van der Waals surface area contributed by atoms with E-state index in [9.17, 15) is 4.79 Å². The molecule has 0 bridgehead atoms. The third kappa shape index (κ3) is 3.53. The van der Waals surface area contributed by atoms with Crippen molar-refractivity contribution in [1.82, 2.24) is 10.3 Å². The molecular weight excluding hydrogens is 404 g/mol. The molecule has 0 fully saturated rings. The number of pyridine rings is 1. The van der Waals surface area contributed by atoms with Gasteiger partial charge in [0.2, 0.25) is 0 Å². The third-order valence-corrected chi connectivity index (χ3v) is 5.09. The highest BCUT2D eigenvalue weighted by atomic mass is 79.9. The highest BCUT2D eigenvalue weighted by molar-refractivity contribution is 9.10. The summed E-state index contributed by atoms with van der Waals surface area (Å²) in [6.07, 6.45) is 1.60. The van der Waals surface area contributed by atoms with E-state index in [1.165, 1.54) is 0 Å². The quantitative estimate of drug-likeness (QED) is 0.769. The highest BCUT2D eigenvalue weighted by Gasteiger charge is 2.25. The topological polar surface area (TPSA) is 42.0 Å². The lowest BCUT2D eigenvalue weighted by atomic mass is 10.1. The molecule has 1 amide bonds. The van der Waals surface area contributed by atoms with Crippen LogP contribution in [0.2, 0.25) is 0 Å². The van der Waals surface area contributed by atoms with E-state index in [1.807, 2.05) is 6.92 Å². The fraction of sp³-hybridized carbons (Fsp3) is 0.400. The summed E-state index contributed by atoms with van der Waals surface area (Å²) in [7, 11) is 0. The average Bonchev–Trinajstić information content (AvgIpc) is 2.29. The van der Waals surface area contributed by atoms with Crippen molar-refractivity contribution in [3.63, 3.8) is 0 Å². The summed E-state index contributed by atoms with van der Waals surface area (Å²) < 4.78 is 0.694. The molecule has 1 aromatic rings. The Bertz CT molecular complexity index is 380. The van der Waals surface area contributed by atoms with Crippen LogP contribution in [0.1, 0.15) is 17.4 Å². The molecule has 3 nitrogen and oxygen atoms in total. The van der Waals surface area contributed by atoms with Crippen molar-refractivity contribution in [1.29, 1.82) is 0 Å². The predicted molar refractivity (Wildman–Crippen MR) is 75.4 cm³/mol. The van der Waals surface area contributed by atoms with Gasteiger partial charge in [-0.1, -0.05) is 31.9 Å². The molecular formula is C10H11Br3N2O. The number of aromatic nitrogens is 1. The Hall–Kier alpha value is 0.0600. The van der Waals surface area contributed by atoms with E-state index < -0.39 is 0 Å². The summed E-state index contributed by atoms with van der Waals surface area (Å²) in [5.41, 5.74) is 0.0734. The van der Waals surface area contributed by atoms with Gasteiger partial charge in [0.15, 0.2) is 0 Å². The molecule has 0 saturated carbocycles. The monoisotopic (exact) mass is 412 g/mol. The van der Waals surface area contributed by atoms with Crippen LogP contribution in [0.3, 0.4) is 0 Å². The number of hydrogen-bond donors (Lipinski definition) is 1. The number of carbonyl (C=O) groups is 1. The van der Waals surface area contributed by atoms with E-state index >= 15 is 0 Å². The first kappa shape index (κ1) is 14.1. The van der Waals surface area contributed by atoms with Crippen molar-refractivity contribution < 1.29 is 4.79 Å². The van der Waals surface area contributed by atoms with E-state index in [0.717, 1.165) is 0 Å². The first-order valence-electron chi connectivity index (χ1n) is 4.57. The molecule has 0 atom stereocenters. The Morgan fingerprint density at radius 2 is 2.12 bits per heavy atom. The highest BCUT2D eigenvalue weighted by Crippen LogP contribution is 2.16. The molecule has 1 heterocycles. The zero-order chi connectivity index (χ0) is 12.2. The van der Waals surface area contributed by atoms with Crippen molar-refractivity contribution in [2.24, 2.45) is 0 Å². The molecule has 0 unspecified atom stereocenters. The van der Waals surface area contributed by atoms with Crippen molar-refractivity contribution in [2.75, 3.05) is 10.7 Å². The van der Waals surface area contributed by atoms with Gasteiger partial charge in [-0.05, 0) is 35.0 Å². The molecule has 16 heavy (non-hydrogen) atoms. The van der Waals surface area contributed by atoms with Gasteiger partial charge in [-0.15, -0.1) is 0 Å². The first-order valence-corrected chi connectivity index (χ1v) is 7.61. The van der Waals surface area contributed by atoms with Crippen LogP contribution < -0.4 is 5.32 Å². The number of rotatable bonds is 4. The van der Waals surface area contributed by atoms with Crippen LogP contribution in [-0.4, -0.2) is 27.1 Å². The molecule has 0 saturated heterocycles. The van der Waals surface area contributed by atoms with Crippen molar-refractivity contribution in [3.05, 3.63) is 28.5 Å². The number of nitrogens with zero attached hydrogens (tertiary/aromatic N) is 1. The number of alkyl halides is 2. The fourth-order valence-electron chi connectivity index (χ4n) is 0.989. The van der Waals surface area contributed by atoms with Gasteiger partial charge in [0.1, 0.15) is 5.69 Å². The molecule has 0 spiro atoms. The summed E-state index contributed by atoms with van der Waals surface area (Å²) in [4.78, 5) is 16.0. The SMILES string of the molecule is CC(CBr)(CBr)NC(=O)c1ncccc1Br. The molecule has 0 aliphatic rings. The maximum absolute atomic E-state index is 12.0. The normalized spacial score (nSPS) is 11.2. The standard InChI is InChI=1S/C10H11Br3N2O/c1-10(5-11,6-12)15-9(16)8-7(13)3-2-4-14-8/h2-4H,5-6H2,1H3,(H,15,16). The lowest BCUT2D eigenvalue weighted by Crippen LogP contribution is -2.49. The van der Waals surface area contributed by atoms with Crippen LogP contribution in [0.25, 0.3) is 0 Å². The van der Waals surface area contributed by atoms with Crippen molar-refractivity contribution >= 4 is 53.7 Å². The van der Waals surface area contributed by atoms with Crippen LogP contribution in [0.5, 0.6) is 0 Å². The summed E-state index contributed by atoms with van der Waals surface area (Å²) in [6.45, 7) is 1.95. The largest absolute Gasteiger partial charge is 0.344 e. The van der Waals surface area contributed by atoms with Gasteiger partial charge >= 0.3 is 0 Å². The second kappa shape index (κ2) is 6.12. The van der Waals surface area contributed by atoms with E-state index in [2.05, 4.69) is 58.1 Å². The van der Waals surface area contributed by atoms with E-state index in [0.29, 0.717) is 20.8 Å². The van der Waals surface area contributed by atoms with Gasteiger partial charge in [0, 0.05) is 21.3 Å². The number of hydrogen-bond acceptors (Lipinski definition) is 2. The summed E-state index contributed by atoms with van der Waals surface area (Å²) in [6, 6.07) is 3.57. The molecule has 88 valence electrons. The number of carbonyl (C=O) groups excluding carboxylic acids is 1. The van der Waals surface area contributed by atoms with E-state index in [-0.39, 0.29) is 11.4 Å². The second-order valence-corrected chi connectivity index (χ2v) is 5.59. The Labute approximate surface area is 120 Å². The minimum absolute atomic E-state index is 0.186. The Balaban J connectivity index is 2.84. The zero-order valence-electron chi connectivity index (χ0n) is 8.64. The molecule has 0 radical (unpaired) electrons. The fourth-order valence-corrected chi connectivity index (χ4v) is 2.63. The van der Waals surface area contributed by atoms with Gasteiger partial charge in [-0.3, -0.25) is 4.79 Å². The van der Waals surface area contributed by atoms with Crippen LogP contribution in [0.15, 0.2) is 22.8 Å². The lowest BCUT2D eigenvalue weighted by molar-refractivity contribution is 0.0917. The molecule has 0 aliphatic heterocycles. The molecule has 0 aliphatic carbocycles. The van der Waals surface area contributed by atoms with Gasteiger partial charge in [0.25, 0.3) is 5.91 Å². The summed E-state index contributed by atoms with van der Waals surface area (Å²) in [5, 5.41) is 4.26. The van der Waals surface area contributed by atoms with Crippen LogP contribution in [0.4, 0.5) is 0 Å². The van der Waals surface area contributed by atoms with Crippen LogP contribution >= 0.6 is 47.8 Å². The van der Waals surface area contributed by atoms with E-state index in [4.69, 9.17) is 0 Å². The second-order valence-electron chi connectivity index (χ2n) is 3.62. The van der Waals surface area contributed by atoms with Gasteiger partial charge in [0.05, 0.1) is 5.54 Å². The number of halogens is 3. The van der Waals surface area contributed by atoms with Crippen LogP contribution in [-0.2, 0) is 0 Å². The molecule has 1 rings (SSSR count). The predicted octanol–water partition coefficient (Wildman–Crippen LogP) is 3.12. The smallest absolute Gasteiger partial charge is 0.271 e. The van der Waals surface area contributed by atoms with Crippen molar-refractivity contribution in [3.8, 4) is 0 Å². The Morgan fingerprint density at radius 3 is 2.62 bits per heavy atom. The summed E-state index contributed by atoms with van der Waals surface area (Å²) in [5.74, 6) is -0.186. The minimum atomic E-state index is -0.325. The number of nitrogens with one attached hydrogen (secondary N) is 1. The first-order chi connectivity index (χ1) is 7.52. The molecule has 6 heteroatoms. The van der Waals surface area contributed by atoms with Crippen molar-refractivity contribution in [2.45, 2.75) is 12.5 Å². The average molecular weight is 415 g/mol. The van der Waals surface area contributed by atoms with Gasteiger partial charge < -0.3 is 5.32 Å². The third-order valence-electron chi connectivity index (χ3n) is 1.98. The zero-order valence-corrected chi connectivity index (χ0v) is 13.4. The minimum Gasteiger partial charge on any atom is -0.344 e. The molecule has 1 aromatic heterocycles. The maximum atomic E-state index is 12.0. The molecule has 0 aromatic carbocycles. The van der Waals surface area contributed by atoms with E-state index in [1.54, 1.807) is 18.3 Å². The Morgan fingerprint density at radius 1 is 1.50 bits per heavy atom. The van der Waals surface area contributed by atoms with Gasteiger partial charge in [-0.25, -0.2) is 4.98 Å². The molecule has 1 N–H and O–H groups in total. The number of amides is 1. The lowest BCUT2D eigenvalue weighted by Gasteiger charge is -2.26. The Kier molecular flexibility index (Phi) is 5.40. The van der Waals surface area contributed by atoms with Gasteiger partial charge in [-0.2, -0.15) is 0 Å².